The van der Waals surface area contributed by atoms with Crippen molar-refractivity contribution in [1.29, 1.82) is 0 Å². The number of carbonyl (C=O) groups is 1. The van der Waals surface area contributed by atoms with Crippen molar-refractivity contribution in [3.63, 3.8) is 0 Å². The Hall–Kier alpha value is -2.25. The highest BCUT2D eigenvalue weighted by molar-refractivity contribution is 6.30. The number of anilines is 1. The maximum absolute atomic E-state index is 12.8. The fraction of sp³-hybridized carbons (Fsp3) is 0.412. The van der Waals surface area contributed by atoms with E-state index in [4.69, 9.17) is 16.3 Å². The summed E-state index contributed by atoms with van der Waals surface area (Å²) in [7, 11) is 3.53. The molecule has 1 saturated heterocycles. The summed E-state index contributed by atoms with van der Waals surface area (Å²) in [5.41, 5.74) is 0.701. The normalized spacial score (nSPS) is 17.4. The van der Waals surface area contributed by atoms with Crippen LogP contribution in [0.2, 0.25) is 5.02 Å². The van der Waals surface area contributed by atoms with Crippen LogP contribution >= 0.6 is 11.6 Å². The Kier molecular flexibility index (Phi) is 5.45. The molecule has 1 amide bonds. The van der Waals surface area contributed by atoms with Crippen LogP contribution in [0.1, 0.15) is 11.9 Å². The van der Waals surface area contributed by atoms with Crippen LogP contribution in [0.3, 0.4) is 0 Å². The number of carbonyl (C=O) groups excluding carboxylic acids is 1. The van der Waals surface area contributed by atoms with Crippen molar-refractivity contribution in [2.24, 2.45) is 7.05 Å². The minimum absolute atomic E-state index is 0.0107. The zero-order valence-corrected chi connectivity index (χ0v) is 15.1. The van der Waals surface area contributed by atoms with Gasteiger partial charge in [-0.3, -0.25) is 4.79 Å². The minimum Gasteiger partial charge on any atom is -0.495 e. The lowest BCUT2D eigenvalue weighted by Crippen LogP contribution is -2.50. The first-order valence-corrected chi connectivity index (χ1v) is 8.52. The van der Waals surface area contributed by atoms with Crippen LogP contribution in [0.25, 0.3) is 0 Å². The topological polar surface area (TPSA) is 71.4 Å². The molecule has 8 heteroatoms. The number of nitrogens with zero attached hydrogens (tertiary/aromatic N) is 3. The molecule has 1 aliphatic rings. The van der Waals surface area contributed by atoms with Gasteiger partial charge >= 0.3 is 0 Å². The van der Waals surface area contributed by atoms with E-state index in [2.05, 4.69) is 15.6 Å². The van der Waals surface area contributed by atoms with E-state index < -0.39 is 0 Å². The molecule has 1 unspecified atom stereocenters. The lowest BCUT2D eigenvalue weighted by molar-refractivity contribution is -0.132. The molecular weight excluding hydrogens is 342 g/mol. The predicted molar refractivity (Wildman–Crippen MR) is 97.0 cm³/mol. The highest BCUT2D eigenvalue weighted by atomic mass is 35.5. The van der Waals surface area contributed by atoms with Gasteiger partial charge < -0.3 is 24.8 Å². The van der Waals surface area contributed by atoms with E-state index in [9.17, 15) is 4.79 Å². The van der Waals surface area contributed by atoms with Crippen LogP contribution in [-0.4, -0.2) is 53.6 Å². The number of hydrogen-bond donors (Lipinski definition) is 2. The van der Waals surface area contributed by atoms with Crippen LogP contribution < -0.4 is 15.4 Å². The molecule has 0 aliphatic carbocycles. The molecule has 2 N–H and O–H groups in total. The highest BCUT2D eigenvalue weighted by Crippen LogP contribution is 2.28. The average molecular weight is 364 g/mol. The van der Waals surface area contributed by atoms with Gasteiger partial charge in [0.1, 0.15) is 17.6 Å². The third-order valence-electron chi connectivity index (χ3n) is 4.31. The second-order valence-electron chi connectivity index (χ2n) is 5.90. The summed E-state index contributed by atoms with van der Waals surface area (Å²) in [4.78, 5) is 19.1. The number of aromatic nitrogens is 2. The first kappa shape index (κ1) is 17.6. The SMILES string of the molecule is COc1ccc(Cl)cc1NCC(=O)N1CCNCC1c1nccn1C. The third-order valence-corrected chi connectivity index (χ3v) is 4.55. The smallest absolute Gasteiger partial charge is 0.242 e. The van der Waals surface area contributed by atoms with E-state index >= 15 is 0 Å². The van der Waals surface area contributed by atoms with E-state index in [1.807, 2.05) is 22.7 Å². The van der Waals surface area contributed by atoms with Crippen LogP contribution in [0.15, 0.2) is 30.6 Å². The summed E-state index contributed by atoms with van der Waals surface area (Å²) in [5.74, 6) is 1.54. The number of imidazole rings is 1. The molecule has 1 aromatic carbocycles. The molecule has 2 aromatic rings. The van der Waals surface area contributed by atoms with Crippen molar-refractivity contribution in [1.82, 2.24) is 19.8 Å². The van der Waals surface area contributed by atoms with Crippen LogP contribution in [0.5, 0.6) is 5.75 Å². The molecule has 2 heterocycles. The van der Waals surface area contributed by atoms with Gasteiger partial charge in [0.2, 0.25) is 5.91 Å². The van der Waals surface area contributed by atoms with Crippen LogP contribution in [-0.2, 0) is 11.8 Å². The van der Waals surface area contributed by atoms with Crippen molar-refractivity contribution < 1.29 is 9.53 Å². The fourth-order valence-electron chi connectivity index (χ4n) is 3.02. The second kappa shape index (κ2) is 7.76. The van der Waals surface area contributed by atoms with Crippen LogP contribution in [0.4, 0.5) is 5.69 Å². The van der Waals surface area contributed by atoms with Crippen molar-refractivity contribution in [2.45, 2.75) is 6.04 Å². The Morgan fingerprint density at radius 3 is 3.08 bits per heavy atom. The van der Waals surface area contributed by atoms with E-state index in [0.717, 1.165) is 12.4 Å². The molecule has 0 saturated carbocycles. The quantitative estimate of drug-likeness (QED) is 0.845. The van der Waals surface area contributed by atoms with Gasteiger partial charge in [-0.25, -0.2) is 4.98 Å². The molecule has 1 aromatic heterocycles. The second-order valence-corrected chi connectivity index (χ2v) is 6.34. The molecule has 0 spiro atoms. The monoisotopic (exact) mass is 363 g/mol. The number of methoxy groups -OCH3 is 1. The average Bonchev–Trinajstić information content (AvgIpc) is 3.05. The van der Waals surface area contributed by atoms with Gasteiger partial charge in [0.15, 0.2) is 0 Å². The van der Waals surface area contributed by atoms with E-state index in [-0.39, 0.29) is 18.5 Å². The number of benzene rings is 1. The Morgan fingerprint density at radius 2 is 2.36 bits per heavy atom. The summed E-state index contributed by atoms with van der Waals surface area (Å²) >= 11 is 6.04. The lowest BCUT2D eigenvalue weighted by Gasteiger charge is -2.36. The van der Waals surface area contributed by atoms with E-state index in [0.29, 0.717) is 29.5 Å². The van der Waals surface area contributed by atoms with Gasteiger partial charge in [0, 0.05) is 44.1 Å². The number of piperazine rings is 1. The predicted octanol–water partition coefficient (Wildman–Crippen LogP) is 1.67. The molecule has 3 rings (SSSR count). The summed E-state index contributed by atoms with van der Waals surface area (Å²) in [5, 5.41) is 7.05. The Morgan fingerprint density at radius 1 is 1.52 bits per heavy atom. The lowest BCUT2D eigenvalue weighted by atomic mass is 10.1. The van der Waals surface area contributed by atoms with Gasteiger partial charge in [-0.15, -0.1) is 0 Å². The maximum Gasteiger partial charge on any atom is 0.242 e. The van der Waals surface area contributed by atoms with Crippen molar-refractivity contribution in [3.8, 4) is 5.75 Å². The van der Waals surface area contributed by atoms with Crippen molar-refractivity contribution in [3.05, 3.63) is 41.4 Å². The maximum atomic E-state index is 12.8. The molecule has 0 bridgehead atoms. The molecule has 25 heavy (non-hydrogen) atoms. The number of ether oxygens (including phenoxy) is 1. The summed E-state index contributed by atoms with van der Waals surface area (Å²) in [6, 6.07) is 5.20. The number of aryl methyl sites for hydroxylation is 1. The third kappa shape index (κ3) is 3.88. The highest BCUT2D eigenvalue weighted by Gasteiger charge is 2.30. The van der Waals surface area contributed by atoms with Gasteiger partial charge in [0.05, 0.1) is 19.3 Å². The zero-order chi connectivity index (χ0) is 17.8. The summed E-state index contributed by atoms with van der Waals surface area (Å²) in [6.45, 7) is 2.27. The molecule has 7 nitrogen and oxygen atoms in total. The number of halogens is 1. The Balaban J connectivity index is 1.71. The van der Waals surface area contributed by atoms with E-state index in [1.54, 1.807) is 31.5 Å². The van der Waals surface area contributed by atoms with Gasteiger partial charge in [0.25, 0.3) is 0 Å². The zero-order valence-electron chi connectivity index (χ0n) is 14.3. The fourth-order valence-corrected chi connectivity index (χ4v) is 3.19. The molecule has 134 valence electrons. The number of hydrogen-bond acceptors (Lipinski definition) is 5. The Labute approximate surface area is 151 Å². The molecule has 1 atom stereocenters. The molecule has 1 aliphatic heterocycles. The van der Waals surface area contributed by atoms with Gasteiger partial charge in [-0.1, -0.05) is 11.6 Å². The minimum atomic E-state index is -0.0793. The first-order valence-electron chi connectivity index (χ1n) is 8.15. The molecule has 0 radical (unpaired) electrons. The number of amides is 1. The van der Waals surface area contributed by atoms with Crippen LogP contribution in [0, 0.1) is 0 Å². The standard InChI is InChI=1S/C17H22ClN5O2/c1-22-7-6-20-17(22)14-10-19-5-8-23(14)16(24)11-21-13-9-12(18)3-4-15(13)25-2/h3-4,6-7,9,14,19,21H,5,8,10-11H2,1-2H3. The summed E-state index contributed by atoms with van der Waals surface area (Å²) in [6.07, 6.45) is 3.64. The Bertz CT molecular complexity index is 748. The first-order chi connectivity index (χ1) is 12.1. The van der Waals surface area contributed by atoms with Crippen molar-refractivity contribution >= 4 is 23.2 Å². The summed E-state index contributed by atoms with van der Waals surface area (Å²) < 4.78 is 7.25. The largest absolute Gasteiger partial charge is 0.495 e. The van der Waals surface area contributed by atoms with Crippen molar-refractivity contribution in [2.75, 3.05) is 38.6 Å². The molecule has 1 fully saturated rings. The number of nitrogens with one attached hydrogen (secondary N) is 2. The van der Waals surface area contributed by atoms with E-state index in [1.165, 1.54) is 0 Å². The van der Waals surface area contributed by atoms with Gasteiger partial charge in [-0.2, -0.15) is 0 Å². The van der Waals surface area contributed by atoms with Gasteiger partial charge in [-0.05, 0) is 18.2 Å². The molecular formula is C17H22ClN5O2. The number of rotatable bonds is 5.